The van der Waals surface area contributed by atoms with Gasteiger partial charge in [-0.2, -0.15) is 0 Å². The van der Waals surface area contributed by atoms with Gasteiger partial charge in [-0.3, -0.25) is 0 Å². The van der Waals surface area contributed by atoms with Crippen LogP contribution < -0.4 is 4.43 Å². The third kappa shape index (κ3) is 2.95. The third-order valence-corrected chi connectivity index (χ3v) is 11.0. The highest BCUT2D eigenvalue weighted by molar-refractivity contribution is 6.82. The van der Waals surface area contributed by atoms with Crippen LogP contribution in [-0.4, -0.2) is 8.32 Å². The Hall–Kier alpha value is -0.763. The van der Waals surface area contributed by atoms with Gasteiger partial charge in [-0.15, -0.1) is 0 Å². The molecule has 0 saturated carbocycles. The Bertz CT molecular complexity index is 393. The molecule has 0 aliphatic heterocycles. The standard InChI is InChI=1S/C18H31OSi/c1-16(2,3)20(17(4,5)6,18(7,8)9)19-15-13-11-10-12-14-15/h10-11,13-14H,1-9H3. The maximum absolute atomic E-state index is 6.80. The Kier molecular flexibility index (Phi) is 4.51. The van der Waals surface area contributed by atoms with Crippen molar-refractivity contribution in [1.29, 1.82) is 0 Å². The monoisotopic (exact) mass is 291 g/mol. The van der Waals surface area contributed by atoms with Gasteiger partial charge in [0.25, 0.3) is 8.32 Å². The summed E-state index contributed by atoms with van der Waals surface area (Å²) < 4.78 is 6.80. The fourth-order valence-electron chi connectivity index (χ4n) is 4.45. The van der Waals surface area contributed by atoms with E-state index in [-0.39, 0.29) is 15.1 Å². The first kappa shape index (κ1) is 17.3. The first-order chi connectivity index (χ1) is 8.83. The summed E-state index contributed by atoms with van der Waals surface area (Å²) in [5.74, 6) is 0.957. The van der Waals surface area contributed by atoms with Gasteiger partial charge in [-0.05, 0) is 33.3 Å². The molecule has 0 heterocycles. The van der Waals surface area contributed by atoms with Crippen LogP contribution in [0.5, 0.6) is 5.75 Å². The van der Waals surface area contributed by atoms with Crippen LogP contribution in [0.2, 0.25) is 15.1 Å². The summed E-state index contributed by atoms with van der Waals surface area (Å²) in [6, 6.07) is 11.1. The van der Waals surface area contributed by atoms with Crippen molar-refractivity contribution >= 4 is 8.32 Å². The number of hydrogen-bond acceptors (Lipinski definition) is 1. The minimum absolute atomic E-state index is 0.138. The molecule has 2 heteroatoms. The molecule has 20 heavy (non-hydrogen) atoms. The van der Waals surface area contributed by atoms with E-state index in [9.17, 15) is 0 Å². The molecule has 0 spiro atoms. The van der Waals surface area contributed by atoms with Crippen LogP contribution in [0.15, 0.2) is 24.3 Å². The van der Waals surface area contributed by atoms with Crippen molar-refractivity contribution in [3.05, 3.63) is 30.3 Å². The van der Waals surface area contributed by atoms with Crippen LogP contribution >= 0.6 is 0 Å². The van der Waals surface area contributed by atoms with E-state index in [0.717, 1.165) is 5.75 Å². The lowest BCUT2D eigenvalue weighted by atomic mass is 10.2. The summed E-state index contributed by atoms with van der Waals surface area (Å²) in [6.45, 7) is 21.0. The van der Waals surface area contributed by atoms with E-state index < -0.39 is 8.32 Å². The third-order valence-electron chi connectivity index (χ3n) is 4.12. The predicted octanol–water partition coefficient (Wildman–Crippen LogP) is 6.21. The van der Waals surface area contributed by atoms with Gasteiger partial charge in [-0.25, -0.2) is 0 Å². The Balaban J connectivity index is 3.48. The average Bonchev–Trinajstić information content (AvgIpc) is 2.22. The topological polar surface area (TPSA) is 9.23 Å². The zero-order valence-corrected chi connectivity index (χ0v) is 15.7. The maximum atomic E-state index is 6.80. The zero-order chi connectivity index (χ0) is 15.8. The van der Waals surface area contributed by atoms with E-state index in [1.807, 2.05) is 18.2 Å². The van der Waals surface area contributed by atoms with E-state index in [1.165, 1.54) is 0 Å². The summed E-state index contributed by atoms with van der Waals surface area (Å²) in [5.41, 5.74) is 0. The molecule has 0 bridgehead atoms. The normalized spacial score (nSPS) is 14.2. The lowest BCUT2D eigenvalue weighted by Crippen LogP contribution is -2.63. The van der Waals surface area contributed by atoms with Gasteiger partial charge in [0.05, 0.1) is 0 Å². The summed E-state index contributed by atoms with van der Waals surface area (Å²) in [7, 11) is -2.16. The van der Waals surface area contributed by atoms with Crippen molar-refractivity contribution in [2.75, 3.05) is 0 Å². The van der Waals surface area contributed by atoms with Gasteiger partial charge >= 0.3 is 0 Å². The van der Waals surface area contributed by atoms with Crippen LogP contribution in [-0.2, 0) is 0 Å². The summed E-state index contributed by atoms with van der Waals surface area (Å²) >= 11 is 0. The minimum atomic E-state index is -2.16. The van der Waals surface area contributed by atoms with Gasteiger partial charge in [0.2, 0.25) is 0 Å². The first-order valence-corrected chi connectivity index (χ1v) is 9.39. The molecule has 0 unspecified atom stereocenters. The average molecular weight is 292 g/mol. The second-order valence-corrected chi connectivity index (χ2v) is 14.8. The van der Waals surface area contributed by atoms with Crippen LogP contribution in [0.4, 0.5) is 0 Å². The zero-order valence-electron chi connectivity index (χ0n) is 14.7. The van der Waals surface area contributed by atoms with Crippen LogP contribution in [0, 0.1) is 6.07 Å². The molecular weight excluding hydrogens is 260 g/mol. The molecule has 0 N–H and O–H groups in total. The Labute approximate surface area is 126 Å². The quantitative estimate of drug-likeness (QED) is 0.588. The molecule has 0 atom stereocenters. The molecule has 0 amide bonds. The van der Waals surface area contributed by atoms with Gasteiger partial charge in [0, 0.05) is 0 Å². The van der Waals surface area contributed by atoms with E-state index >= 15 is 0 Å². The molecule has 113 valence electrons. The van der Waals surface area contributed by atoms with E-state index in [0.29, 0.717) is 0 Å². The highest BCUT2D eigenvalue weighted by atomic mass is 28.4. The Morgan fingerprint density at radius 3 is 1.60 bits per heavy atom. The summed E-state index contributed by atoms with van der Waals surface area (Å²) in [4.78, 5) is 0. The fourth-order valence-corrected chi connectivity index (χ4v) is 12.6. The molecule has 0 aromatic heterocycles. The molecule has 1 rings (SSSR count). The largest absolute Gasteiger partial charge is 0.542 e. The Morgan fingerprint density at radius 1 is 0.850 bits per heavy atom. The maximum Gasteiger partial charge on any atom is 0.267 e. The summed E-state index contributed by atoms with van der Waals surface area (Å²) in [5, 5.41) is 0.415. The smallest absolute Gasteiger partial charge is 0.267 e. The lowest BCUT2D eigenvalue weighted by molar-refractivity contribution is 0.373. The van der Waals surface area contributed by atoms with Crippen molar-refractivity contribution in [1.82, 2.24) is 0 Å². The first-order valence-electron chi connectivity index (χ1n) is 7.48. The fraction of sp³-hybridized carbons (Fsp3) is 0.667. The van der Waals surface area contributed by atoms with Crippen molar-refractivity contribution in [2.24, 2.45) is 0 Å². The van der Waals surface area contributed by atoms with Crippen molar-refractivity contribution in [3.63, 3.8) is 0 Å². The van der Waals surface area contributed by atoms with Gasteiger partial charge in [0.1, 0.15) is 5.75 Å². The van der Waals surface area contributed by atoms with Crippen molar-refractivity contribution in [2.45, 2.75) is 77.4 Å². The molecule has 0 fully saturated rings. The van der Waals surface area contributed by atoms with Gasteiger partial charge in [0.15, 0.2) is 0 Å². The summed E-state index contributed by atoms with van der Waals surface area (Å²) in [6.07, 6.45) is 0. The van der Waals surface area contributed by atoms with Crippen molar-refractivity contribution in [3.8, 4) is 5.75 Å². The molecular formula is C18H31OSi. The number of benzene rings is 1. The van der Waals surface area contributed by atoms with Crippen LogP contribution in [0.1, 0.15) is 62.3 Å². The Morgan fingerprint density at radius 2 is 1.30 bits per heavy atom. The minimum Gasteiger partial charge on any atom is -0.542 e. The number of rotatable bonds is 2. The SMILES string of the molecule is CC(C)(C)[Si](Oc1c[c]ccc1)(C(C)(C)C)C(C)(C)C. The predicted molar refractivity (Wildman–Crippen MR) is 90.8 cm³/mol. The highest BCUT2D eigenvalue weighted by Crippen LogP contribution is 2.62. The molecule has 1 aromatic rings. The molecule has 0 aliphatic carbocycles. The molecule has 0 saturated heterocycles. The highest BCUT2D eigenvalue weighted by Gasteiger charge is 2.63. The second-order valence-electron chi connectivity index (χ2n) is 8.77. The van der Waals surface area contributed by atoms with Gasteiger partial charge in [-0.1, -0.05) is 74.4 Å². The van der Waals surface area contributed by atoms with Crippen LogP contribution in [0.3, 0.4) is 0 Å². The molecule has 1 radical (unpaired) electrons. The number of hydrogen-bond donors (Lipinski definition) is 0. The molecule has 1 aromatic carbocycles. The van der Waals surface area contributed by atoms with E-state index in [2.05, 4.69) is 74.4 Å². The van der Waals surface area contributed by atoms with Crippen molar-refractivity contribution < 1.29 is 4.43 Å². The second kappa shape index (κ2) is 5.21. The van der Waals surface area contributed by atoms with E-state index in [4.69, 9.17) is 4.43 Å². The molecule has 1 nitrogen and oxygen atoms in total. The molecule has 0 aliphatic rings. The van der Waals surface area contributed by atoms with E-state index in [1.54, 1.807) is 0 Å². The lowest BCUT2D eigenvalue weighted by Gasteiger charge is -2.57. The van der Waals surface area contributed by atoms with Crippen LogP contribution in [0.25, 0.3) is 0 Å². The van der Waals surface area contributed by atoms with Gasteiger partial charge < -0.3 is 4.43 Å².